The van der Waals surface area contributed by atoms with Crippen LogP contribution in [0.15, 0.2) is 36.7 Å². The standard InChI is InChI=1S/C17H19N3O3/c1-3-14-15-5-4-8-19(15)9-10-20(14)16(21)12-6-7-13(18-11-12)17(22)23-2/h4-8,11,14H,3,9-10H2,1-2H3/t14-/m1/s1. The third-order valence-corrected chi connectivity index (χ3v) is 4.22. The highest BCUT2D eigenvalue weighted by Crippen LogP contribution is 2.29. The second-order valence-electron chi connectivity index (χ2n) is 5.47. The molecule has 1 aliphatic rings. The van der Waals surface area contributed by atoms with E-state index in [0.717, 1.165) is 18.7 Å². The van der Waals surface area contributed by atoms with Gasteiger partial charge in [0.15, 0.2) is 0 Å². The molecular weight excluding hydrogens is 294 g/mol. The number of aromatic nitrogens is 2. The summed E-state index contributed by atoms with van der Waals surface area (Å²) in [6.07, 6.45) is 4.34. The number of methoxy groups -OCH3 is 1. The number of carbonyl (C=O) groups excluding carboxylic acids is 2. The number of amides is 1. The molecule has 0 aromatic carbocycles. The highest BCUT2D eigenvalue weighted by molar-refractivity contribution is 5.95. The molecule has 120 valence electrons. The van der Waals surface area contributed by atoms with Crippen LogP contribution in [0.25, 0.3) is 0 Å². The average Bonchev–Trinajstić information content (AvgIpc) is 3.08. The Hall–Kier alpha value is -2.63. The normalized spacial score (nSPS) is 16.8. The topological polar surface area (TPSA) is 64.4 Å². The number of ether oxygens (including phenoxy) is 1. The van der Waals surface area contributed by atoms with E-state index in [1.807, 2.05) is 17.2 Å². The first-order valence-corrected chi connectivity index (χ1v) is 7.66. The van der Waals surface area contributed by atoms with E-state index in [1.54, 1.807) is 6.07 Å². The molecule has 2 aromatic heterocycles. The minimum absolute atomic E-state index is 0.0616. The van der Waals surface area contributed by atoms with Crippen LogP contribution < -0.4 is 0 Å². The Morgan fingerprint density at radius 3 is 2.78 bits per heavy atom. The molecule has 2 aromatic rings. The summed E-state index contributed by atoms with van der Waals surface area (Å²) in [7, 11) is 1.30. The molecule has 0 radical (unpaired) electrons. The monoisotopic (exact) mass is 313 g/mol. The Labute approximate surface area is 134 Å². The quantitative estimate of drug-likeness (QED) is 0.816. The lowest BCUT2D eigenvalue weighted by atomic mass is 10.1. The molecular formula is C17H19N3O3. The zero-order chi connectivity index (χ0) is 16.4. The van der Waals surface area contributed by atoms with Crippen LogP contribution in [0.1, 0.15) is 45.9 Å². The van der Waals surface area contributed by atoms with Gasteiger partial charge < -0.3 is 14.2 Å². The van der Waals surface area contributed by atoms with Gasteiger partial charge in [-0.1, -0.05) is 6.92 Å². The van der Waals surface area contributed by atoms with Crippen molar-refractivity contribution in [2.45, 2.75) is 25.9 Å². The Balaban J connectivity index is 1.84. The van der Waals surface area contributed by atoms with Crippen molar-refractivity contribution < 1.29 is 14.3 Å². The van der Waals surface area contributed by atoms with Gasteiger partial charge in [0.05, 0.1) is 18.7 Å². The third kappa shape index (κ3) is 2.72. The maximum atomic E-state index is 12.8. The van der Waals surface area contributed by atoms with Crippen LogP contribution in [0.5, 0.6) is 0 Å². The molecule has 23 heavy (non-hydrogen) atoms. The van der Waals surface area contributed by atoms with Gasteiger partial charge in [-0.2, -0.15) is 0 Å². The van der Waals surface area contributed by atoms with Gasteiger partial charge in [0, 0.05) is 31.2 Å². The molecule has 0 unspecified atom stereocenters. The van der Waals surface area contributed by atoms with Crippen LogP contribution in [0.2, 0.25) is 0 Å². The molecule has 6 nitrogen and oxygen atoms in total. The minimum Gasteiger partial charge on any atom is -0.464 e. The van der Waals surface area contributed by atoms with Crippen LogP contribution in [-0.2, 0) is 11.3 Å². The highest BCUT2D eigenvalue weighted by atomic mass is 16.5. The summed E-state index contributed by atoms with van der Waals surface area (Å²) in [5.41, 5.74) is 1.84. The first-order valence-electron chi connectivity index (χ1n) is 7.66. The van der Waals surface area contributed by atoms with Crippen LogP contribution >= 0.6 is 0 Å². The van der Waals surface area contributed by atoms with Gasteiger partial charge in [-0.3, -0.25) is 4.79 Å². The van der Waals surface area contributed by atoms with Crippen LogP contribution in [-0.4, -0.2) is 40.0 Å². The van der Waals surface area contributed by atoms with Gasteiger partial charge in [0.1, 0.15) is 5.69 Å². The highest BCUT2D eigenvalue weighted by Gasteiger charge is 2.30. The number of pyridine rings is 1. The van der Waals surface area contributed by atoms with Crippen molar-refractivity contribution in [1.29, 1.82) is 0 Å². The number of fused-ring (bicyclic) bond motifs is 1. The largest absolute Gasteiger partial charge is 0.464 e. The van der Waals surface area contributed by atoms with Crippen LogP contribution in [0.3, 0.4) is 0 Å². The van der Waals surface area contributed by atoms with Gasteiger partial charge in [-0.05, 0) is 30.7 Å². The summed E-state index contributed by atoms with van der Waals surface area (Å²) in [6, 6.07) is 7.28. The lowest BCUT2D eigenvalue weighted by Crippen LogP contribution is -2.41. The Bertz CT molecular complexity index is 721. The van der Waals surface area contributed by atoms with Crippen molar-refractivity contribution in [1.82, 2.24) is 14.5 Å². The lowest BCUT2D eigenvalue weighted by Gasteiger charge is -2.36. The molecule has 0 spiro atoms. The van der Waals surface area contributed by atoms with Crippen molar-refractivity contribution in [3.8, 4) is 0 Å². The minimum atomic E-state index is -0.508. The fourth-order valence-corrected chi connectivity index (χ4v) is 3.05. The number of nitrogens with zero attached hydrogens (tertiary/aromatic N) is 3. The second kappa shape index (κ2) is 6.24. The maximum Gasteiger partial charge on any atom is 0.356 e. The van der Waals surface area contributed by atoms with Crippen LogP contribution in [0.4, 0.5) is 0 Å². The molecule has 3 heterocycles. The molecule has 1 aliphatic heterocycles. The Morgan fingerprint density at radius 1 is 1.30 bits per heavy atom. The van der Waals surface area contributed by atoms with E-state index < -0.39 is 5.97 Å². The molecule has 3 rings (SSSR count). The fourth-order valence-electron chi connectivity index (χ4n) is 3.05. The summed E-state index contributed by atoms with van der Waals surface area (Å²) in [5, 5.41) is 0. The molecule has 0 saturated heterocycles. The summed E-state index contributed by atoms with van der Waals surface area (Å²) >= 11 is 0. The van der Waals surface area contributed by atoms with E-state index in [-0.39, 0.29) is 17.6 Å². The molecule has 6 heteroatoms. The van der Waals surface area contributed by atoms with Gasteiger partial charge in [-0.25, -0.2) is 9.78 Å². The van der Waals surface area contributed by atoms with Crippen molar-refractivity contribution in [2.24, 2.45) is 0 Å². The van der Waals surface area contributed by atoms with Crippen molar-refractivity contribution in [3.05, 3.63) is 53.6 Å². The van der Waals surface area contributed by atoms with E-state index in [1.165, 1.54) is 19.4 Å². The van der Waals surface area contributed by atoms with Gasteiger partial charge in [-0.15, -0.1) is 0 Å². The zero-order valence-corrected chi connectivity index (χ0v) is 13.2. The molecule has 0 fully saturated rings. The first-order chi connectivity index (χ1) is 11.2. The second-order valence-corrected chi connectivity index (χ2v) is 5.47. The molecule has 0 aliphatic carbocycles. The smallest absolute Gasteiger partial charge is 0.356 e. The summed E-state index contributed by atoms with van der Waals surface area (Å²) in [5.74, 6) is -0.570. The molecule has 0 saturated carbocycles. The fraction of sp³-hybridized carbons (Fsp3) is 0.353. The van der Waals surface area contributed by atoms with E-state index in [9.17, 15) is 9.59 Å². The molecule has 0 N–H and O–H groups in total. The van der Waals surface area contributed by atoms with E-state index in [4.69, 9.17) is 0 Å². The number of hydrogen-bond donors (Lipinski definition) is 0. The summed E-state index contributed by atoms with van der Waals surface area (Å²) in [4.78, 5) is 30.1. The van der Waals surface area contributed by atoms with Crippen molar-refractivity contribution in [2.75, 3.05) is 13.7 Å². The average molecular weight is 313 g/mol. The number of rotatable bonds is 3. The number of carbonyl (C=O) groups is 2. The maximum absolute atomic E-state index is 12.8. The molecule has 0 bridgehead atoms. The Morgan fingerprint density at radius 2 is 2.13 bits per heavy atom. The van der Waals surface area contributed by atoms with Gasteiger partial charge in [0.2, 0.25) is 0 Å². The summed E-state index contributed by atoms with van der Waals surface area (Å²) < 4.78 is 6.81. The third-order valence-electron chi connectivity index (χ3n) is 4.22. The summed E-state index contributed by atoms with van der Waals surface area (Å²) in [6.45, 7) is 3.53. The first kappa shape index (κ1) is 15.3. The van der Waals surface area contributed by atoms with E-state index in [2.05, 4.69) is 27.3 Å². The SMILES string of the molecule is CC[C@@H]1c2cccn2CCN1C(=O)c1ccc(C(=O)OC)nc1. The van der Waals surface area contributed by atoms with Crippen molar-refractivity contribution >= 4 is 11.9 Å². The van der Waals surface area contributed by atoms with Gasteiger partial charge >= 0.3 is 5.97 Å². The van der Waals surface area contributed by atoms with E-state index in [0.29, 0.717) is 12.1 Å². The predicted octanol–water partition coefficient (Wildman–Crippen LogP) is 2.28. The number of esters is 1. The van der Waals surface area contributed by atoms with Gasteiger partial charge in [0.25, 0.3) is 5.91 Å². The van der Waals surface area contributed by atoms with Crippen LogP contribution in [0, 0.1) is 0 Å². The molecule has 1 atom stereocenters. The Kier molecular flexibility index (Phi) is 4.14. The van der Waals surface area contributed by atoms with E-state index >= 15 is 0 Å². The van der Waals surface area contributed by atoms with Crippen molar-refractivity contribution in [3.63, 3.8) is 0 Å². The lowest BCUT2D eigenvalue weighted by molar-refractivity contribution is 0.0587. The zero-order valence-electron chi connectivity index (χ0n) is 13.2. The number of hydrogen-bond acceptors (Lipinski definition) is 4. The molecule has 1 amide bonds. The predicted molar refractivity (Wildman–Crippen MR) is 84.1 cm³/mol.